The van der Waals surface area contributed by atoms with Crippen molar-refractivity contribution in [3.8, 4) is 0 Å². The quantitative estimate of drug-likeness (QED) is 0.0309. The fourth-order valence-corrected chi connectivity index (χ4v) is 5.36. The number of carboxylic acids is 2. The Labute approximate surface area is 306 Å². The molecule has 6 N–H and O–H groups in total. The number of aliphatic hydroxyl groups excluding tert-OH is 4. The molecule has 0 amide bonds. The third kappa shape index (κ3) is 40.1. The summed E-state index contributed by atoms with van der Waals surface area (Å²) in [6, 6.07) is 0. The van der Waals surface area contributed by atoms with E-state index in [2.05, 4.69) is 13.8 Å². The van der Waals surface area contributed by atoms with Crippen molar-refractivity contribution in [3.63, 3.8) is 0 Å². The molecule has 45 heavy (non-hydrogen) atoms. The number of hydrogen-bond acceptors (Lipinski definition) is 6. The zero-order chi connectivity index (χ0) is 33.3. The van der Waals surface area contributed by atoms with E-state index in [9.17, 15) is 30.0 Å². The maximum atomic E-state index is 10.4. The molecule has 0 spiro atoms. The van der Waals surface area contributed by atoms with Crippen molar-refractivity contribution in [2.75, 3.05) is 0 Å². The third-order valence-corrected chi connectivity index (χ3v) is 8.38. The molecule has 9 heteroatoms. The minimum Gasteiger partial charge on any atom is -0.481 e. The number of hydrogen-bond donors (Lipinski definition) is 6. The van der Waals surface area contributed by atoms with Crippen molar-refractivity contribution >= 4 is 49.7 Å². The van der Waals surface area contributed by atoms with Gasteiger partial charge in [0.2, 0.25) is 0 Å². The number of rotatable bonds is 32. The minimum absolute atomic E-state index is 0. The van der Waals surface area contributed by atoms with Gasteiger partial charge < -0.3 is 30.6 Å². The second-order valence-electron chi connectivity index (χ2n) is 12.8. The normalized spacial score (nSPS) is 13.6. The monoisotopic (exact) mass is 672 g/mol. The van der Waals surface area contributed by atoms with Crippen LogP contribution in [0.1, 0.15) is 194 Å². The van der Waals surface area contributed by atoms with Crippen LogP contribution in [0.15, 0.2) is 0 Å². The summed E-state index contributed by atoms with van der Waals surface area (Å²) in [5, 5.41) is 56.7. The molecular weight excluding hydrogens is 600 g/mol. The number of unbranched alkanes of at least 4 members (excludes halogenated alkanes) is 18. The topological polar surface area (TPSA) is 156 Å². The molecule has 0 saturated carbocycles. The summed E-state index contributed by atoms with van der Waals surface area (Å²) in [6.07, 6.45) is 24.4. The minimum atomic E-state index is -0.728. The molecule has 0 aromatic heterocycles. The molecule has 0 aliphatic rings. The Morgan fingerprint density at radius 3 is 0.800 bits per heavy atom. The summed E-state index contributed by atoms with van der Waals surface area (Å²) in [5.74, 6) is -1.46. The van der Waals surface area contributed by atoms with Gasteiger partial charge in [0.15, 0.2) is 0 Å². The molecule has 2 radical (unpaired) electrons. The molecule has 4 atom stereocenters. The molecule has 0 aromatic carbocycles. The number of carbonyl (C=O) groups is 2. The Kier molecular flexibility index (Phi) is 42.3. The van der Waals surface area contributed by atoms with Crippen molar-refractivity contribution in [3.05, 3.63) is 0 Å². The predicted molar refractivity (Wildman–Crippen MR) is 186 cm³/mol. The van der Waals surface area contributed by atoms with Gasteiger partial charge in [0.1, 0.15) is 0 Å². The number of aliphatic carboxylic acids is 2. The molecular formula is C36H72CaO8. The predicted octanol–water partition coefficient (Wildman–Crippen LogP) is 8.17. The average molecular weight is 673 g/mol. The number of carboxylic acid groups (broad SMARTS) is 2. The molecule has 0 aliphatic heterocycles. The SMILES string of the molecule is CCCCCCCCC(O)C(O)CCCCCCCC(=O)O.CCCCCCCCC(O)C(O)CCCCCCCC(=O)O.[Ca]. The smallest absolute Gasteiger partial charge is 0.303 e. The molecule has 8 nitrogen and oxygen atoms in total. The first-order valence-corrected chi connectivity index (χ1v) is 18.3. The van der Waals surface area contributed by atoms with Crippen LogP contribution in [-0.2, 0) is 9.59 Å². The second kappa shape index (κ2) is 38.5. The molecule has 0 saturated heterocycles. The van der Waals surface area contributed by atoms with Crippen LogP contribution in [0.3, 0.4) is 0 Å². The van der Waals surface area contributed by atoms with Gasteiger partial charge in [-0.2, -0.15) is 0 Å². The third-order valence-electron chi connectivity index (χ3n) is 8.38. The van der Waals surface area contributed by atoms with Crippen molar-refractivity contribution < 1.29 is 40.2 Å². The van der Waals surface area contributed by atoms with Crippen molar-refractivity contribution in [1.82, 2.24) is 0 Å². The second-order valence-corrected chi connectivity index (χ2v) is 12.8. The van der Waals surface area contributed by atoms with E-state index in [-0.39, 0.29) is 50.6 Å². The van der Waals surface area contributed by atoms with Gasteiger partial charge >= 0.3 is 11.9 Å². The van der Waals surface area contributed by atoms with Gasteiger partial charge in [-0.15, -0.1) is 0 Å². The van der Waals surface area contributed by atoms with Crippen molar-refractivity contribution in [2.24, 2.45) is 0 Å². The molecule has 0 heterocycles. The van der Waals surface area contributed by atoms with E-state index in [0.717, 1.165) is 89.9 Å². The first kappa shape index (κ1) is 49.4. The molecule has 0 aliphatic carbocycles. The summed E-state index contributed by atoms with van der Waals surface area (Å²) in [7, 11) is 0. The van der Waals surface area contributed by atoms with Crippen LogP contribution in [0.25, 0.3) is 0 Å². The van der Waals surface area contributed by atoms with E-state index >= 15 is 0 Å². The van der Waals surface area contributed by atoms with E-state index in [1.807, 2.05) is 0 Å². The average Bonchev–Trinajstić information content (AvgIpc) is 2.99. The van der Waals surface area contributed by atoms with Gasteiger partial charge in [-0.1, -0.05) is 142 Å². The molecule has 4 unspecified atom stereocenters. The van der Waals surface area contributed by atoms with Gasteiger partial charge in [-0.25, -0.2) is 0 Å². The van der Waals surface area contributed by atoms with Crippen LogP contribution in [0, 0.1) is 0 Å². The van der Waals surface area contributed by atoms with Crippen molar-refractivity contribution in [1.29, 1.82) is 0 Å². The summed E-state index contributed by atoms with van der Waals surface area (Å²) >= 11 is 0. The van der Waals surface area contributed by atoms with Crippen LogP contribution in [0.2, 0.25) is 0 Å². The fraction of sp³-hybridized carbons (Fsp3) is 0.944. The summed E-state index contributed by atoms with van der Waals surface area (Å²) in [4.78, 5) is 20.7. The Morgan fingerprint density at radius 1 is 0.378 bits per heavy atom. The largest absolute Gasteiger partial charge is 0.481 e. The Bertz CT molecular complexity index is 570. The van der Waals surface area contributed by atoms with Gasteiger partial charge in [-0.05, 0) is 38.5 Å². The first-order chi connectivity index (χ1) is 21.1. The van der Waals surface area contributed by atoms with E-state index < -0.39 is 36.4 Å². The zero-order valence-electron chi connectivity index (χ0n) is 29.3. The van der Waals surface area contributed by atoms with Crippen LogP contribution in [0.5, 0.6) is 0 Å². The van der Waals surface area contributed by atoms with Crippen LogP contribution < -0.4 is 0 Å². The van der Waals surface area contributed by atoms with E-state index in [1.54, 1.807) is 0 Å². The molecule has 266 valence electrons. The zero-order valence-corrected chi connectivity index (χ0v) is 31.5. The maximum Gasteiger partial charge on any atom is 0.303 e. The van der Waals surface area contributed by atoms with Crippen LogP contribution in [0.4, 0.5) is 0 Å². The Balaban J connectivity index is -0.000000767. The summed E-state index contributed by atoms with van der Waals surface area (Å²) < 4.78 is 0. The van der Waals surface area contributed by atoms with E-state index in [0.29, 0.717) is 25.7 Å². The molecule has 0 rings (SSSR count). The van der Waals surface area contributed by atoms with Gasteiger partial charge in [-0.3, -0.25) is 9.59 Å². The molecule has 0 aromatic rings. The summed E-state index contributed by atoms with van der Waals surface area (Å²) in [6.45, 7) is 4.40. The Morgan fingerprint density at radius 2 is 0.578 bits per heavy atom. The van der Waals surface area contributed by atoms with E-state index in [1.165, 1.54) is 51.4 Å². The Hall–Kier alpha value is 0.0397. The standard InChI is InChI=1S/2C18H36O4.Ca/c2*1-2-3-4-5-7-10-13-16(19)17(20)14-11-8-6-9-12-15-18(21)22;/h2*16-17,19-20H,2-15H2,1H3,(H,21,22);. The van der Waals surface area contributed by atoms with Gasteiger partial charge in [0.25, 0.3) is 0 Å². The van der Waals surface area contributed by atoms with Crippen molar-refractivity contribution in [2.45, 2.75) is 218 Å². The molecule has 0 fully saturated rings. The molecule has 0 bridgehead atoms. The summed E-state index contributed by atoms with van der Waals surface area (Å²) in [5.41, 5.74) is 0. The van der Waals surface area contributed by atoms with Gasteiger partial charge in [0, 0.05) is 50.6 Å². The fourth-order valence-electron chi connectivity index (χ4n) is 5.36. The van der Waals surface area contributed by atoms with Crippen LogP contribution in [-0.4, -0.2) is 105 Å². The van der Waals surface area contributed by atoms with Crippen LogP contribution >= 0.6 is 0 Å². The van der Waals surface area contributed by atoms with Gasteiger partial charge in [0.05, 0.1) is 24.4 Å². The van der Waals surface area contributed by atoms with E-state index in [4.69, 9.17) is 10.2 Å². The maximum absolute atomic E-state index is 10.4. The number of aliphatic hydroxyl groups is 4. The first-order valence-electron chi connectivity index (χ1n) is 18.3.